The molecule has 1 unspecified atom stereocenters. The van der Waals surface area contributed by atoms with Crippen molar-refractivity contribution < 1.29 is 13.9 Å². The highest BCUT2D eigenvalue weighted by atomic mass is 19.1. The molecule has 26 heavy (non-hydrogen) atoms. The number of carbonyl (C=O) groups is 1. The molecule has 0 saturated carbocycles. The highest BCUT2D eigenvalue weighted by Crippen LogP contribution is 2.13. The maximum atomic E-state index is 13.6. The van der Waals surface area contributed by atoms with Gasteiger partial charge in [0.25, 0.3) is 0 Å². The Morgan fingerprint density at radius 3 is 1.50 bits per heavy atom. The van der Waals surface area contributed by atoms with Crippen LogP contribution in [-0.2, 0) is 9.53 Å². The Labute approximate surface area is 162 Å². The SMILES string of the molecule is CCCCCCCCCCCCCCCOC(=O)C(F)CCCCCC. The van der Waals surface area contributed by atoms with E-state index in [1.54, 1.807) is 0 Å². The Morgan fingerprint density at radius 1 is 0.654 bits per heavy atom. The van der Waals surface area contributed by atoms with Gasteiger partial charge in [-0.05, 0) is 19.3 Å². The Bertz CT molecular complexity index is 294. The molecule has 0 aromatic rings. The molecule has 0 bridgehead atoms. The van der Waals surface area contributed by atoms with E-state index in [2.05, 4.69) is 13.8 Å². The van der Waals surface area contributed by atoms with Gasteiger partial charge in [0.15, 0.2) is 6.17 Å². The second-order valence-electron chi connectivity index (χ2n) is 7.73. The lowest BCUT2D eigenvalue weighted by molar-refractivity contribution is -0.150. The predicted molar refractivity (Wildman–Crippen MR) is 110 cm³/mol. The number of ether oxygens (including phenoxy) is 1. The summed E-state index contributed by atoms with van der Waals surface area (Å²) in [6.07, 6.45) is 19.7. The average Bonchev–Trinajstić information content (AvgIpc) is 2.65. The van der Waals surface area contributed by atoms with Crippen molar-refractivity contribution in [3.63, 3.8) is 0 Å². The van der Waals surface area contributed by atoms with Crippen LogP contribution in [0.15, 0.2) is 0 Å². The molecule has 1 atom stereocenters. The van der Waals surface area contributed by atoms with Crippen molar-refractivity contribution in [1.82, 2.24) is 0 Å². The van der Waals surface area contributed by atoms with Gasteiger partial charge in [0.1, 0.15) is 0 Å². The molecule has 0 aliphatic heterocycles. The van der Waals surface area contributed by atoms with E-state index in [-0.39, 0.29) is 0 Å². The minimum absolute atomic E-state index is 0.317. The van der Waals surface area contributed by atoms with Gasteiger partial charge in [0.05, 0.1) is 6.61 Å². The summed E-state index contributed by atoms with van der Waals surface area (Å²) in [7, 11) is 0. The number of unbranched alkanes of at least 4 members (excludes halogenated alkanes) is 15. The summed E-state index contributed by atoms with van der Waals surface area (Å²) in [5.41, 5.74) is 0. The Hall–Kier alpha value is -0.600. The smallest absolute Gasteiger partial charge is 0.340 e. The number of carbonyl (C=O) groups excluding carboxylic acids is 1. The largest absolute Gasteiger partial charge is 0.464 e. The van der Waals surface area contributed by atoms with Gasteiger partial charge in [-0.1, -0.05) is 110 Å². The first-order chi connectivity index (χ1) is 12.7. The van der Waals surface area contributed by atoms with E-state index in [4.69, 9.17) is 4.74 Å². The second kappa shape index (κ2) is 20.7. The molecule has 3 heteroatoms. The van der Waals surface area contributed by atoms with Crippen LogP contribution in [0, 0.1) is 0 Å². The molecule has 0 fully saturated rings. The molecule has 0 radical (unpaired) electrons. The van der Waals surface area contributed by atoms with Gasteiger partial charge in [-0.2, -0.15) is 0 Å². The van der Waals surface area contributed by atoms with E-state index in [9.17, 15) is 9.18 Å². The molecule has 0 N–H and O–H groups in total. The third kappa shape index (κ3) is 18.2. The maximum absolute atomic E-state index is 13.6. The summed E-state index contributed by atoms with van der Waals surface area (Å²) < 4.78 is 18.7. The van der Waals surface area contributed by atoms with E-state index in [0.29, 0.717) is 13.0 Å². The lowest BCUT2D eigenvalue weighted by atomic mass is 10.0. The van der Waals surface area contributed by atoms with Crippen LogP contribution in [-0.4, -0.2) is 18.7 Å². The van der Waals surface area contributed by atoms with Crippen molar-refractivity contribution in [2.75, 3.05) is 6.61 Å². The van der Waals surface area contributed by atoms with Crippen molar-refractivity contribution in [2.45, 2.75) is 136 Å². The summed E-state index contributed by atoms with van der Waals surface area (Å²) in [5, 5.41) is 0. The summed E-state index contributed by atoms with van der Waals surface area (Å²) in [4.78, 5) is 11.5. The Balaban J connectivity index is 3.24. The Kier molecular flexibility index (Phi) is 20.2. The zero-order valence-electron chi connectivity index (χ0n) is 17.7. The minimum atomic E-state index is -1.42. The van der Waals surface area contributed by atoms with Gasteiger partial charge < -0.3 is 4.74 Å². The topological polar surface area (TPSA) is 26.3 Å². The average molecular weight is 373 g/mol. The van der Waals surface area contributed by atoms with Gasteiger partial charge in [0.2, 0.25) is 0 Å². The first-order valence-electron chi connectivity index (χ1n) is 11.5. The van der Waals surface area contributed by atoms with E-state index in [0.717, 1.165) is 38.5 Å². The van der Waals surface area contributed by atoms with Crippen LogP contribution in [0.5, 0.6) is 0 Å². The highest BCUT2D eigenvalue weighted by Gasteiger charge is 2.17. The molecule has 0 spiro atoms. The van der Waals surface area contributed by atoms with E-state index < -0.39 is 12.1 Å². The summed E-state index contributed by atoms with van der Waals surface area (Å²) in [5.74, 6) is -0.652. The van der Waals surface area contributed by atoms with Gasteiger partial charge in [-0.15, -0.1) is 0 Å². The third-order valence-electron chi connectivity index (χ3n) is 5.06. The molecule has 0 heterocycles. The fourth-order valence-electron chi connectivity index (χ4n) is 3.25. The molecule has 0 aliphatic carbocycles. The number of alkyl halides is 1. The quantitative estimate of drug-likeness (QED) is 0.160. The molecule has 2 nitrogen and oxygen atoms in total. The van der Waals surface area contributed by atoms with Gasteiger partial charge >= 0.3 is 5.97 Å². The predicted octanol–water partition coefficient (Wildman–Crippen LogP) is 7.93. The zero-order chi connectivity index (χ0) is 19.3. The molecule has 0 amide bonds. The second-order valence-corrected chi connectivity index (χ2v) is 7.73. The first-order valence-corrected chi connectivity index (χ1v) is 11.5. The highest BCUT2D eigenvalue weighted by molar-refractivity contribution is 5.74. The number of hydrogen-bond acceptors (Lipinski definition) is 2. The molecular weight excluding hydrogens is 327 g/mol. The van der Waals surface area contributed by atoms with E-state index in [1.165, 1.54) is 70.6 Å². The van der Waals surface area contributed by atoms with Crippen molar-refractivity contribution in [2.24, 2.45) is 0 Å². The lowest BCUT2D eigenvalue weighted by Crippen LogP contribution is -2.19. The minimum Gasteiger partial charge on any atom is -0.464 e. The number of hydrogen-bond donors (Lipinski definition) is 0. The molecule has 0 aliphatic rings. The standard InChI is InChI=1S/C23H45FO2/c1-3-5-7-9-10-11-12-13-14-15-16-17-19-21-26-23(25)22(24)20-18-8-6-4-2/h22H,3-21H2,1-2H3. The number of esters is 1. The molecule has 0 rings (SSSR count). The fraction of sp³-hybridized carbons (Fsp3) is 0.957. The molecular formula is C23H45FO2. The van der Waals surface area contributed by atoms with Crippen LogP contribution >= 0.6 is 0 Å². The number of halogens is 1. The van der Waals surface area contributed by atoms with Gasteiger partial charge in [-0.3, -0.25) is 0 Å². The maximum Gasteiger partial charge on any atom is 0.340 e. The normalized spacial score (nSPS) is 12.3. The zero-order valence-corrected chi connectivity index (χ0v) is 17.7. The summed E-state index contributed by atoms with van der Waals surface area (Å²) >= 11 is 0. The summed E-state index contributed by atoms with van der Waals surface area (Å²) in [6, 6.07) is 0. The van der Waals surface area contributed by atoms with Crippen molar-refractivity contribution >= 4 is 5.97 Å². The van der Waals surface area contributed by atoms with E-state index >= 15 is 0 Å². The fourth-order valence-corrected chi connectivity index (χ4v) is 3.25. The molecule has 156 valence electrons. The van der Waals surface area contributed by atoms with Crippen LogP contribution in [0.4, 0.5) is 4.39 Å². The van der Waals surface area contributed by atoms with Crippen LogP contribution in [0.1, 0.15) is 129 Å². The van der Waals surface area contributed by atoms with Gasteiger partial charge in [0, 0.05) is 0 Å². The molecule has 0 saturated heterocycles. The monoisotopic (exact) mass is 372 g/mol. The lowest BCUT2D eigenvalue weighted by Gasteiger charge is -2.09. The van der Waals surface area contributed by atoms with Crippen LogP contribution in [0.2, 0.25) is 0 Å². The van der Waals surface area contributed by atoms with Gasteiger partial charge in [-0.25, -0.2) is 9.18 Å². The van der Waals surface area contributed by atoms with Crippen LogP contribution in [0.25, 0.3) is 0 Å². The van der Waals surface area contributed by atoms with Crippen LogP contribution in [0.3, 0.4) is 0 Å². The third-order valence-corrected chi connectivity index (χ3v) is 5.06. The molecule has 0 aromatic heterocycles. The van der Waals surface area contributed by atoms with Crippen molar-refractivity contribution in [1.29, 1.82) is 0 Å². The van der Waals surface area contributed by atoms with Crippen molar-refractivity contribution in [3.05, 3.63) is 0 Å². The Morgan fingerprint density at radius 2 is 1.04 bits per heavy atom. The van der Waals surface area contributed by atoms with Crippen molar-refractivity contribution in [3.8, 4) is 0 Å². The summed E-state index contributed by atoms with van der Waals surface area (Å²) in [6.45, 7) is 4.76. The van der Waals surface area contributed by atoms with Crippen LogP contribution < -0.4 is 0 Å². The van der Waals surface area contributed by atoms with E-state index in [1.807, 2.05) is 0 Å². The first kappa shape index (κ1) is 25.4. The number of rotatable bonds is 20. The molecule has 0 aromatic carbocycles.